The van der Waals surface area contributed by atoms with E-state index in [0.717, 1.165) is 6.54 Å². The minimum Gasteiger partial charge on any atom is -0.376 e. The molecular weight excluding hydrogens is 402 g/mol. The van der Waals surface area contributed by atoms with Crippen molar-refractivity contribution in [2.24, 2.45) is 0 Å². The van der Waals surface area contributed by atoms with Crippen LogP contribution in [0.2, 0.25) is 5.04 Å². The molecule has 1 N–H and O–H groups in total. The molecule has 0 aromatic heterocycles. The van der Waals surface area contributed by atoms with Gasteiger partial charge in [0.2, 0.25) is 0 Å². The molecule has 0 saturated carbocycles. The second-order valence-electron chi connectivity index (χ2n) is 9.87. The first-order valence-electron chi connectivity index (χ1n) is 13.3. The van der Waals surface area contributed by atoms with Gasteiger partial charge in [-0.25, -0.2) is 0 Å². The standard InChI is InChI=1S/C26H57NO3Si/c1-8-9-10-11-12-13-14-15-16-17-18-19-20-21-22-23-24-27-25(2)26(3,4)31(28-5,29-6)30-7/h25,27H,8-24H2,1-7H3. The van der Waals surface area contributed by atoms with Crippen molar-refractivity contribution in [1.29, 1.82) is 0 Å². The predicted molar refractivity (Wildman–Crippen MR) is 138 cm³/mol. The van der Waals surface area contributed by atoms with E-state index in [1.165, 1.54) is 103 Å². The highest BCUT2D eigenvalue weighted by Crippen LogP contribution is 2.41. The highest BCUT2D eigenvalue weighted by Gasteiger charge is 2.56. The van der Waals surface area contributed by atoms with E-state index < -0.39 is 8.80 Å². The Kier molecular flexibility index (Phi) is 19.6. The summed E-state index contributed by atoms with van der Waals surface area (Å²) in [5.74, 6) is 0. The molecule has 0 spiro atoms. The van der Waals surface area contributed by atoms with Crippen LogP contribution in [-0.4, -0.2) is 42.7 Å². The fourth-order valence-corrected chi connectivity index (χ4v) is 7.26. The van der Waals surface area contributed by atoms with Gasteiger partial charge in [0, 0.05) is 32.4 Å². The summed E-state index contributed by atoms with van der Waals surface area (Å²) in [5.41, 5.74) is 0. The molecule has 0 amide bonds. The van der Waals surface area contributed by atoms with Gasteiger partial charge in [0.25, 0.3) is 0 Å². The van der Waals surface area contributed by atoms with Crippen LogP contribution in [0.3, 0.4) is 0 Å². The van der Waals surface area contributed by atoms with E-state index in [1.807, 2.05) is 0 Å². The summed E-state index contributed by atoms with van der Waals surface area (Å²) in [6.45, 7) is 9.91. The van der Waals surface area contributed by atoms with E-state index in [-0.39, 0.29) is 11.1 Å². The van der Waals surface area contributed by atoms with Gasteiger partial charge in [-0.1, -0.05) is 117 Å². The molecule has 1 unspecified atom stereocenters. The SMILES string of the molecule is CCCCCCCCCCCCCCCCCCNC(C)C(C)(C)[Si](OC)(OC)OC. The Hall–Kier alpha value is 0.0569. The second-order valence-corrected chi connectivity index (χ2v) is 13.5. The normalized spacial score (nSPS) is 13.6. The number of nitrogens with one attached hydrogen (secondary N) is 1. The van der Waals surface area contributed by atoms with Gasteiger partial charge < -0.3 is 18.6 Å². The third-order valence-corrected chi connectivity index (χ3v) is 10.8. The lowest BCUT2D eigenvalue weighted by Crippen LogP contribution is -2.59. The number of rotatable bonds is 23. The summed E-state index contributed by atoms with van der Waals surface area (Å²) in [7, 11) is 2.41. The number of hydrogen-bond acceptors (Lipinski definition) is 4. The average Bonchev–Trinajstić information content (AvgIpc) is 2.77. The van der Waals surface area contributed by atoms with Crippen LogP contribution in [0, 0.1) is 0 Å². The van der Waals surface area contributed by atoms with E-state index in [2.05, 4.69) is 33.0 Å². The van der Waals surface area contributed by atoms with Crippen LogP contribution >= 0.6 is 0 Å². The summed E-state index contributed by atoms with van der Waals surface area (Å²) < 4.78 is 17.1. The Morgan fingerprint density at radius 1 is 0.613 bits per heavy atom. The molecule has 4 nitrogen and oxygen atoms in total. The van der Waals surface area contributed by atoms with Crippen LogP contribution in [0.15, 0.2) is 0 Å². The van der Waals surface area contributed by atoms with Gasteiger partial charge in [-0.3, -0.25) is 0 Å². The van der Waals surface area contributed by atoms with Gasteiger partial charge in [0.05, 0.1) is 0 Å². The molecule has 0 rings (SSSR count). The molecule has 0 radical (unpaired) electrons. The van der Waals surface area contributed by atoms with Gasteiger partial charge in [-0.2, -0.15) is 0 Å². The summed E-state index contributed by atoms with van der Waals surface area (Å²) in [6.07, 6.45) is 22.5. The maximum atomic E-state index is 5.71. The zero-order valence-corrected chi connectivity index (χ0v) is 23.3. The van der Waals surface area contributed by atoms with Crippen molar-refractivity contribution in [3.63, 3.8) is 0 Å². The quantitative estimate of drug-likeness (QED) is 0.125. The molecule has 0 fully saturated rings. The fourth-order valence-electron chi connectivity index (χ4n) is 4.55. The minimum absolute atomic E-state index is 0.180. The highest BCUT2D eigenvalue weighted by molar-refractivity contribution is 6.64. The second kappa shape index (κ2) is 19.5. The van der Waals surface area contributed by atoms with Crippen molar-refractivity contribution in [1.82, 2.24) is 5.32 Å². The fraction of sp³-hybridized carbons (Fsp3) is 1.00. The minimum atomic E-state index is -2.68. The summed E-state index contributed by atoms with van der Waals surface area (Å²) in [6, 6.07) is 0.273. The van der Waals surface area contributed by atoms with E-state index in [0.29, 0.717) is 0 Å². The van der Waals surface area contributed by atoms with Crippen LogP contribution in [0.5, 0.6) is 0 Å². The maximum absolute atomic E-state index is 5.71. The maximum Gasteiger partial charge on any atom is 0.507 e. The van der Waals surface area contributed by atoms with E-state index >= 15 is 0 Å². The first-order valence-corrected chi connectivity index (χ1v) is 15.0. The summed E-state index contributed by atoms with van der Waals surface area (Å²) >= 11 is 0. The van der Waals surface area contributed by atoms with E-state index in [4.69, 9.17) is 13.3 Å². The van der Waals surface area contributed by atoms with Gasteiger partial charge in [0.15, 0.2) is 0 Å². The first-order chi connectivity index (χ1) is 14.9. The zero-order chi connectivity index (χ0) is 23.4. The lowest BCUT2D eigenvalue weighted by atomic mass is 10.0. The van der Waals surface area contributed by atoms with Crippen molar-refractivity contribution in [3.05, 3.63) is 0 Å². The molecule has 0 aliphatic carbocycles. The van der Waals surface area contributed by atoms with Crippen LogP contribution in [0.1, 0.15) is 130 Å². The lowest BCUT2D eigenvalue weighted by Gasteiger charge is -2.42. The van der Waals surface area contributed by atoms with E-state index in [1.54, 1.807) is 21.3 Å². The van der Waals surface area contributed by atoms with Crippen LogP contribution in [-0.2, 0) is 13.3 Å². The average molecular weight is 460 g/mol. The molecule has 5 heteroatoms. The number of hydrogen-bond donors (Lipinski definition) is 1. The van der Waals surface area contributed by atoms with Crippen molar-refractivity contribution in [2.45, 2.75) is 142 Å². The lowest BCUT2D eigenvalue weighted by molar-refractivity contribution is 0.0870. The van der Waals surface area contributed by atoms with Crippen molar-refractivity contribution < 1.29 is 13.3 Å². The Morgan fingerprint density at radius 3 is 1.26 bits per heavy atom. The predicted octanol–water partition coefficient (Wildman–Crippen LogP) is 7.88. The van der Waals surface area contributed by atoms with Gasteiger partial charge in [-0.15, -0.1) is 0 Å². The van der Waals surface area contributed by atoms with Gasteiger partial charge >= 0.3 is 8.80 Å². The molecule has 0 aliphatic rings. The molecular formula is C26H57NO3Si. The van der Waals surface area contributed by atoms with Crippen molar-refractivity contribution in [2.75, 3.05) is 27.9 Å². The Labute approximate surface area is 197 Å². The molecule has 31 heavy (non-hydrogen) atoms. The third kappa shape index (κ3) is 12.8. The molecule has 0 saturated heterocycles. The van der Waals surface area contributed by atoms with Crippen LogP contribution in [0.4, 0.5) is 0 Å². The largest absolute Gasteiger partial charge is 0.507 e. The topological polar surface area (TPSA) is 39.7 Å². The monoisotopic (exact) mass is 459 g/mol. The molecule has 0 aromatic carbocycles. The van der Waals surface area contributed by atoms with Gasteiger partial charge in [0.1, 0.15) is 0 Å². The van der Waals surface area contributed by atoms with Crippen LogP contribution in [0.25, 0.3) is 0 Å². The molecule has 0 aromatic rings. The smallest absolute Gasteiger partial charge is 0.376 e. The van der Waals surface area contributed by atoms with Crippen LogP contribution < -0.4 is 5.32 Å². The first kappa shape index (κ1) is 31.1. The van der Waals surface area contributed by atoms with Gasteiger partial charge in [-0.05, 0) is 19.9 Å². The van der Waals surface area contributed by atoms with Crippen molar-refractivity contribution in [3.8, 4) is 0 Å². The zero-order valence-electron chi connectivity index (χ0n) is 22.3. The molecule has 1 atom stereocenters. The Morgan fingerprint density at radius 2 is 0.935 bits per heavy atom. The third-order valence-electron chi connectivity index (χ3n) is 7.16. The van der Waals surface area contributed by atoms with Crippen molar-refractivity contribution >= 4 is 8.80 Å². The molecule has 188 valence electrons. The molecule has 0 bridgehead atoms. The molecule has 0 heterocycles. The number of unbranched alkanes of at least 4 members (excludes halogenated alkanes) is 15. The Bertz CT molecular complexity index is 381. The highest BCUT2D eigenvalue weighted by atomic mass is 28.4. The summed E-state index contributed by atoms with van der Waals surface area (Å²) in [5, 5.41) is 3.50. The molecule has 0 aliphatic heterocycles. The Balaban J connectivity index is 3.58. The summed E-state index contributed by atoms with van der Waals surface area (Å²) in [4.78, 5) is 0. The van der Waals surface area contributed by atoms with E-state index in [9.17, 15) is 0 Å².